The molecule has 0 bridgehead atoms. The first kappa shape index (κ1) is 18.7. The van der Waals surface area contributed by atoms with Crippen LogP contribution in [-0.2, 0) is 20.8 Å². The van der Waals surface area contributed by atoms with E-state index < -0.39 is 6.04 Å². The molecule has 1 fully saturated rings. The largest absolute Gasteiger partial charge is 0.344 e. The second kappa shape index (κ2) is 9.01. The van der Waals surface area contributed by atoms with Crippen molar-refractivity contribution in [2.45, 2.75) is 38.1 Å². The molecule has 6 nitrogen and oxygen atoms in total. The summed E-state index contributed by atoms with van der Waals surface area (Å²) in [6, 6.07) is 6.92. The summed E-state index contributed by atoms with van der Waals surface area (Å²) >= 11 is 0. The molecule has 2 N–H and O–H groups in total. The lowest BCUT2D eigenvalue weighted by Crippen LogP contribution is -2.46. The molecule has 25 heavy (non-hydrogen) atoms. The number of hydrogen-bond acceptors (Lipinski definition) is 3. The standard InChI is InChI=1S/C19H25N3O3/c1-3-17(23)20-15-10-7-14(8-11-15)9-12-18(24)21-16-6-4-5-13-22(2)19(16)25/h3,7-8,10-11,16H,1,4-6,9,12-13H2,2H3,(H,20,23)(H,21,24)/t16-/m1/s1. The Hall–Kier alpha value is -2.63. The highest BCUT2D eigenvalue weighted by Gasteiger charge is 2.25. The Kier molecular flexibility index (Phi) is 6.74. The van der Waals surface area contributed by atoms with Crippen molar-refractivity contribution in [2.75, 3.05) is 18.9 Å². The Morgan fingerprint density at radius 2 is 2.00 bits per heavy atom. The SMILES string of the molecule is C=CC(=O)Nc1ccc(CCC(=O)N[C@@H]2CCCCN(C)C2=O)cc1. The number of carbonyl (C=O) groups excluding carboxylic acids is 3. The average Bonchev–Trinajstić information content (AvgIpc) is 2.76. The van der Waals surface area contributed by atoms with Gasteiger partial charge in [0.05, 0.1) is 0 Å². The number of benzene rings is 1. The fraction of sp³-hybridized carbons (Fsp3) is 0.421. The third kappa shape index (κ3) is 5.74. The molecule has 1 atom stereocenters. The van der Waals surface area contributed by atoms with Crippen LogP contribution in [0, 0.1) is 0 Å². The Morgan fingerprint density at radius 3 is 2.68 bits per heavy atom. The number of nitrogens with zero attached hydrogens (tertiary/aromatic N) is 1. The van der Waals surface area contributed by atoms with Gasteiger partial charge in [0.1, 0.15) is 6.04 Å². The van der Waals surface area contributed by atoms with Gasteiger partial charge in [-0.2, -0.15) is 0 Å². The summed E-state index contributed by atoms with van der Waals surface area (Å²) in [5, 5.41) is 5.53. The van der Waals surface area contributed by atoms with Gasteiger partial charge < -0.3 is 15.5 Å². The maximum Gasteiger partial charge on any atom is 0.247 e. The van der Waals surface area contributed by atoms with Crippen LogP contribution in [0.5, 0.6) is 0 Å². The third-order valence-electron chi connectivity index (χ3n) is 4.29. The predicted molar refractivity (Wildman–Crippen MR) is 97.0 cm³/mol. The molecule has 0 saturated carbocycles. The number of aryl methyl sites for hydroxylation is 1. The van der Waals surface area contributed by atoms with Crippen molar-refractivity contribution in [3.8, 4) is 0 Å². The Morgan fingerprint density at radius 1 is 1.28 bits per heavy atom. The summed E-state index contributed by atoms with van der Waals surface area (Å²) in [5.74, 6) is -0.379. The molecule has 6 heteroatoms. The van der Waals surface area contributed by atoms with E-state index >= 15 is 0 Å². The highest BCUT2D eigenvalue weighted by molar-refractivity contribution is 5.98. The quantitative estimate of drug-likeness (QED) is 0.774. The van der Waals surface area contributed by atoms with Crippen molar-refractivity contribution in [1.29, 1.82) is 0 Å². The molecule has 2 rings (SSSR count). The van der Waals surface area contributed by atoms with E-state index in [1.54, 1.807) is 24.1 Å². The van der Waals surface area contributed by atoms with Gasteiger partial charge in [-0.05, 0) is 49.5 Å². The maximum absolute atomic E-state index is 12.2. The van der Waals surface area contributed by atoms with Crippen LogP contribution in [0.25, 0.3) is 0 Å². The van der Waals surface area contributed by atoms with Gasteiger partial charge in [-0.1, -0.05) is 18.7 Å². The molecule has 0 aromatic heterocycles. The van der Waals surface area contributed by atoms with E-state index in [1.165, 1.54) is 6.08 Å². The van der Waals surface area contributed by atoms with Gasteiger partial charge in [-0.15, -0.1) is 0 Å². The predicted octanol–water partition coefficient (Wildman–Crippen LogP) is 1.87. The van der Waals surface area contributed by atoms with Gasteiger partial charge in [0.25, 0.3) is 0 Å². The zero-order valence-electron chi connectivity index (χ0n) is 14.6. The minimum atomic E-state index is -0.406. The molecule has 134 valence electrons. The zero-order valence-corrected chi connectivity index (χ0v) is 14.6. The number of likely N-dealkylation sites (N-methyl/N-ethyl adjacent to an activating group) is 1. The van der Waals surface area contributed by atoms with E-state index in [0.717, 1.165) is 24.9 Å². The van der Waals surface area contributed by atoms with E-state index in [1.807, 2.05) is 12.1 Å². The first-order valence-corrected chi connectivity index (χ1v) is 8.56. The number of amides is 3. The Balaban J connectivity index is 1.82. The number of carbonyl (C=O) groups is 3. The van der Waals surface area contributed by atoms with Crippen LogP contribution in [0.2, 0.25) is 0 Å². The number of hydrogen-bond donors (Lipinski definition) is 2. The van der Waals surface area contributed by atoms with Crippen molar-refractivity contribution in [1.82, 2.24) is 10.2 Å². The Bertz CT molecular complexity index is 640. The molecule has 0 radical (unpaired) electrons. The average molecular weight is 343 g/mol. The fourth-order valence-corrected chi connectivity index (χ4v) is 2.80. The molecule has 3 amide bonds. The molecule has 1 aromatic rings. The first-order valence-electron chi connectivity index (χ1n) is 8.56. The van der Waals surface area contributed by atoms with Crippen molar-refractivity contribution in [2.24, 2.45) is 0 Å². The van der Waals surface area contributed by atoms with Crippen LogP contribution in [-0.4, -0.2) is 42.3 Å². The van der Waals surface area contributed by atoms with Crippen LogP contribution in [0.4, 0.5) is 5.69 Å². The third-order valence-corrected chi connectivity index (χ3v) is 4.29. The van der Waals surface area contributed by atoms with Gasteiger partial charge in [-0.3, -0.25) is 14.4 Å². The van der Waals surface area contributed by atoms with E-state index in [0.29, 0.717) is 24.9 Å². The molecule has 1 aromatic carbocycles. The van der Waals surface area contributed by atoms with Gasteiger partial charge in [0, 0.05) is 25.7 Å². The summed E-state index contributed by atoms with van der Waals surface area (Å²) in [6.45, 7) is 4.15. The van der Waals surface area contributed by atoms with E-state index in [-0.39, 0.29) is 17.7 Å². The Labute approximate surface area is 148 Å². The van der Waals surface area contributed by atoms with Crippen molar-refractivity contribution >= 4 is 23.4 Å². The minimum absolute atomic E-state index is 0.00633. The summed E-state index contributed by atoms with van der Waals surface area (Å²) in [6.07, 6.45) is 4.74. The summed E-state index contributed by atoms with van der Waals surface area (Å²) in [5.41, 5.74) is 1.68. The lowest BCUT2D eigenvalue weighted by atomic mass is 10.1. The van der Waals surface area contributed by atoms with Crippen molar-refractivity contribution in [3.63, 3.8) is 0 Å². The smallest absolute Gasteiger partial charge is 0.247 e. The van der Waals surface area contributed by atoms with Gasteiger partial charge in [0.15, 0.2) is 0 Å². The van der Waals surface area contributed by atoms with Crippen LogP contribution in [0.15, 0.2) is 36.9 Å². The minimum Gasteiger partial charge on any atom is -0.344 e. The van der Waals surface area contributed by atoms with E-state index in [4.69, 9.17) is 0 Å². The fourth-order valence-electron chi connectivity index (χ4n) is 2.80. The summed E-state index contributed by atoms with van der Waals surface area (Å²) in [7, 11) is 1.78. The van der Waals surface area contributed by atoms with Gasteiger partial charge in [0.2, 0.25) is 17.7 Å². The second-order valence-corrected chi connectivity index (χ2v) is 6.27. The lowest BCUT2D eigenvalue weighted by Gasteiger charge is -2.20. The van der Waals surface area contributed by atoms with Crippen molar-refractivity contribution < 1.29 is 14.4 Å². The van der Waals surface area contributed by atoms with Crippen LogP contribution < -0.4 is 10.6 Å². The number of likely N-dealkylation sites (tertiary alicyclic amines) is 1. The van der Waals surface area contributed by atoms with Crippen molar-refractivity contribution in [3.05, 3.63) is 42.5 Å². The molecule has 1 aliphatic heterocycles. The topological polar surface area (TPSA) is 78.5 Å². The first-order chi connectivity index (χ1) is 12.0. The molecule has 1 heterocycles. The summed E-state index contributed by atoms with van der Waals surface area (Å²) in [4.78, 5) is 37.2. The van der Waals surface area contributed by atoms with Crippen LogP contribution in [0.3, 0.4) is 0 Å². The monoisotopic (exact) mass is 343 g/mol. The lowest BCUT2D eigenvalue weighted by molar-refractivity contribution is -0.134. The molecular weight excluding hydrogens is 318 g/mol. The molecule has 0 spiro atoms. The molecule has 0 unspecified atom stereocenters. The zero-order chi connectivity index (χ0) is 18.2. The van der Waals surface area contributed by atoms with E-state index in [2.05, 4.69) is 17.2 Å². The molecule has 1 aliphatic rings. The number of nitrogens with one attached hydrogen (secondary N) is 2. The molecular formula is C19H25N3O3. The van der Waals surface area contributed by atoms with E-state index in [9.17, 15) is 14.4 Å². The summed E-state index contributed by atoms with van der Waals surface area (Å²) < 4.78 is 0. The van der Waals surface area contributed by atoms with Gasteiger partial charge >= 0.3 is 0 Å². The highest BCUT2D eigenvalue weighted by Crippen LogP contribution is 2.13. The molecule has 0 aliphatic carbocycles. The van der Waals surface area contributed by atoms with Crippen LogP contribution in [0.1, 0.15) is 31.2 Å². The number of anilines is 1. The maximum atomic E-state index is 12.2. The highest BCUT2D eigenvalue weighted by atomic mass is 16.2. The second-order valence-electron chi connectivity index (χ2n) is 6.27. The van der Waals surface area contributed by atoms with Gasteiger partial charge in [-0.25, -0.2) is 0 Å². The number of rotatable bonds is 6. The van der Waals surface area contributed by atoms with Crippen LogP contribution >= 0.6 is 0 Å². The molecule has 1 saturated heterocycles. The normalized spacial score (nSPS) is 17.6.